The molecule has 1 aromatic carbocycles. The summed E-state index contributed by atoms with van der Waals surface area (Å²) in [6.45, 7) is 2.12. The van der Waals surface area contributed by atoms with Crippen LogP contribution in [0.4, 0.5) is 0 Å². The maximum absolute atomic E-state index is 11.5. The molecule has 1 unspecified atom stereocenters. The molecule has 0 spiro atoms. The van der Waals surface area contributed by atoms with Gasteiger partial charge < -0.3 is 0 Å². The number of ketones is 1. The fourth-order valence-electron chi connectivity index (χ4n) is 1.87. The van der Waals surface area contributed by atoms with E-state index in [1.54, 1.807) is 0 Å². The molecule has 0 aliphatic heterocycles. The maximum atomic E-state index is 11.5. The van der Waals surface area contributed by atoms with Gasteiger partial charge in [-0.1, -0.05) is 37.3 Å². The first kappa shape index (κ1) is 9.20. The molecule has 0 bridgehead atoms. The zero-order valence-electron chi connectivity index (χ0n) is 8.36. The van der Waals surface area contributed by atoms with Crippen LogP contribution in [-0.4, -0.2) is 5.78 Å². The van der Waals surface area contributed by atoms with Gasteiger partial charge in [0.1, 0.15) is 0 Å². The number of carbonyl (C=O) groups is 1. The minimum atomic E-state index is 0.321. The first-order chi connectivity index (χ1) is 6.77. The summed E-state index contributed by atoms with van der Waals surface area (Å²) in [6, 6.07) is 10.0. The molecule has 1 heteroatoms. The molecule has 1 aliphatic carbocycles. The minimum absolute atomic E-state index is 0.321. The van der Waals surface area contributed by atoms with Crippen molar-refractivity contribution in [3.8, 4) is 0 Å². The SMILES string of the molecule is CC1CCC(=O)C1=Cc1ccccc1. The Morgan fingerprint density at radius 1 is 1.29 bits per heavy atom. The van der Waals surface area contributed by atoms with E-state index in [0.29, 0.717) is 11.7 Å². The van der Waals surface area contributed by atoms with Crippen LogP contribution < -0.4 is 0 Å². The van der Waals surface area contributed by atoms with Gasteiger partial charge in [-0.15, -0.1) is 0 Å². The van der Waals surface area contributed by atoms with E-state index in [1.165, 1.54) is 0 Å². The zero-order valence-corrected chi connectivity index (χ0v) is 8.36. The van der Waals surface area contributed by atoms with Crippen LogP contribution in [-0.2, 0) is 4.79 Å². The van der Waals surface area contributed by atoms with E-state index in [1.807, 2.05) is 36.4 Å². The fraction of sp³-hybridized carbons (Fsp3) is 0.308. The van der Waals surface area contributed by atoms with Gasteiger partial charge in [0.2, 0.25) is 0 Å². The Hall–Kier alpha value is -1.37. The molecule has 0 heterocycles. The van der Waals surface area contributed by atoms with E-state index in [0.717, 1.165) is 24.0 Å². The molecule has 1 aliphatic rings. The van der Waals surface area contributed by atoms with Crippen molar-refractivity contribution in [1.29, 1.82) is 0 Å². The molecule has 1 aromatic rings. The lowest BCUT2D eigenvalue weighted by Crippen LogP contribution is -1.96. The van der Waals surface area contributed by atoms with Crippen molar-refractivity contribution in [1.82, 2.24) is 0 Å². The Bertz CT molecular complexity index is 362. The molecule has 1 saturated carbocycles. The summed E-state index contributed by atoms with van der Waals surface area (Å²) in [5.41, 5.74) is 2.13. The Morgan fingerprint density at radius 2 is 2.00 bits per heavy atom. The average molecular weight is 186 g/mol. The lowest BCUT2D eigenvalue weighted by molar-refractivity contribution is -0.114. The molecule has 1 fully saturated rings. The van der Waals surface area contributed by atoms with E-state index in [2.05, 4.69) is 6.92 Å². The van der Waals surface area contributed by atoms with E-state index >= 15 is 0 Å². The third-order valence-corrected chi connectivity index (χ3v) is 2.78. The Balaban J connectivity index is 2.30. The quantitative estimate of drug-likeness (QED) is 0.616. The molecular weight excluding hydrogens is 172 g/mol. The van der Waals surface area contributed by atoms with Gasteiger partial charge in [0.05, 0.1) is 0 Å². The molecule has 0 amide bonds. The van der Waals surface area contributed by atoms with Crippen molar-refractivity contribution < 1.29 is 4.79 Å². The number of hydrogen-bond acceptors (Lipinski definition) is 1. The van der Waals surface area contributed by atoms with Crippen molar-refractivity contribution in [3.63, 3.8) is 0 Å². The molecule has 1 nitrogen and oxygen atoms in total. The summed E-state index contributed by atoms with van der Waals surface area (Å²) in [7, 11) is 0. The monoisotopic (exact) mass is 186 g/mol. The zero-order chi connectivity index (χ0) is 9.97. The van der Waals surface area contributed by atoms with E-state index < -0.39 is 0 Å². The second-order valence-corrected chi connectivity index (χ2v) is 3.87. The average Bonchev–Trinajstić information content (AvgIpc) is 2.51. The Morgan fingerprint density at radius 3 is 2.57 bits per heavy atom. The van der Waals surface area contributed by atoms with Gasteiger partial charge in [-0.3, -0.25) is 4.79 Å². The number of benzene rings is 1. The second kappa shape index (κ2) is 3.79. The standard InChI is InChI=1S/C13H14O/c1-10-7-8-13(14)12(10)9-11-5-3-2-4-6-11/h2-6,9-10H,7-8H2,1H3. The topological polar surface area (TPSA) is 17.1 Å². The molecule has 0 saturated heterocycles. The highest BCUT2D eigenvalue weighted by atomic mass is 16.1. The van der Waals surface area contributed by atoms with Crippen LogP contribution >= 0.6 is 0 Å². The van der Waals surface area contributed by atoms with Crippen molar-refractivity contribution in [3.05, 3.63) is 41.5 Å². The van der Waals surface area contributed by atoms with E-state index in [4.69, 9.17) is 0 Å². The van der Waals surface area contributed by atoms with Crippen molar-refractivity contribution >= 4 is 11.9 Å². The molecule has 2 rings (SSSR count). The summed E-state index contributed by atoms with van der Waals surface area (Å²) in [6.07, 6.45) is 3.76. The third-order valence-electron chi connectivity index (χ3n) is 2.78. The second-order valence-electron chi connectivity index (χ2n) is 3.87. The summed E-state index contributed by atoms with van der Waals surface area (Å²) in [4.78, 5) is 11.5. The Labute approximate surface area is 84.5 Å². The van der Waals surface area contributed by atoms with Crippen LogP contribution in [0.5, 0.6) is 0 Å². The predicted octanol–water partition coefficient (Wildman–Crippen LogP) is 3.07. The summed E-state index contributed by atoms with van der Waals surface area (Å²) >= 11 is 0. The van der Waals surface area contributed by atoms with Crippen LogP contribution in [0.3, 0.4) is 0 Å². The van der Waals surface area contributed by atoms with Gasteiger partial charge in [-0.2, -0.15) is 0 Å². The van der Waals surface area contributed by atoms with Gasteiger partial charge in [-0.25, -0.2) is 0 Å². The third kappa shape index (κ3) is 1.77. The number of rotatable bonds is 1. The number of hydrogen-bond donors (Lipinski definition) is 0. The summed E-state index contributed by atoms with van der Waals surface area (Å²) in [5.74, 6) is 0.754. The first-order valence-electron chi connectivity index (χ1n) is 5.07. The molecule has 14 heavy (non-hydrogen) atoms. The maximum Gasteiger partial charge on any atom is 0.159 e. The van der Waals surface area contributed by atoms with Crippen molar-refractivity contribution in [2.75, 3.05) is 0 Å². The number of Topliss-reactive ketones (excluding diaryl/α,β-unsaturated/α-hetero) is 1. The summed E-state index contributed by atoms with van der Waals surface area (Å²) in [5, 5.41) is 0. The lowest BCUT2D eigenvalue weighted by Gasteiger charge is -2.02. The smallest absolute Gasteiger partial charge is 0.159 e. The normalized spacial score (nSPS) is 24.5. The highest BCUT2D eigenvalue weighted by molar-refractivity contribution is 6.01. The van der Waals surface area contributed by atoms with E-state index in [-0.39, 0.29) is 0 Å². The van der Waals surface area contributed by atoms with E-state index in [9.17, 15) is 4.79 Å². The molecule has 1 atom stereocenters. The van der Waals surface area contributed by atoms with Crippen LogP contribution in [0, 0.1) is 5.92 Å². The van der Waals surface area contributed by atoms with Gasteiger partial charge in [0.25, 0.3) is 0 Å². The van der Waals surface area contributed by atoms with Gasteiger partial charge in [0, 0.05) is 6.42 Å². The first-order valence-corrected chi connectivity index (χ1v) is 5.07. The van der Waals surface area contributed by atoms with Crippen LogP contribution in [0.2, 0.25) is 0 Å². The molecule has 0 N–H and O–H groups in total. The largest absolute Gasteiger partial charge is 0.295 e. The highest BCUT2D eigenvalue weighted by Gasteiger charge is 2.24. The molecule has 0 aromatic heterocycles. The van der Waals surface area contributed by atoms with Gasteiger partial charge >= 0.3 is 0 Å². The molecular formula is C13H14O. The Kier molecular flexibility index (Phi) is 2.49. The van der Waals surface area contributed by atoms with Crippen LogP contribution in [0.15, 0.2) is 35.9 Å². The van der Waals surface area contributed by atoms with Crippen molar-refractivity contribution in [2.24, 2.45) is 5.92 Å². The van der Waals surface area contributed by atoms with Crippen LogP contribution in [0.25, 0.3) is 6.08 Å². The lowest BCUT2D eigenvalue weighted by atomic mass is 10.0. The fourth-order valence-corrected chi connectivity index (χ4v) is 1.87. The minimum Gasteiger partial charge on any atom is -0.295 e. The number of carbonyl (C=O) groups excluding carboxylic acids is 1. The number of allylic oxidation sites excluding steroid dienone is 1. The summed E-state index contributed by atoms with van der Waals surface area (Å²) < 4.78 is 0. The van der Waals surface area contributed by atoms with Crippen molar-refractivity contribution in [2.45, 2.75) is 19.8 Å². The van der Waals surface area contributed by atoms with Gasteiger partial charge in [0.15, 0.2) is 5.78 Å². The van der Waals surface area contributed by atoms with Crippen LogP contribution in [0.1, 0.15) is 25.3 Å². The molecule has 0 radical (unpaired) electrons. The molecule has 72 valence electrons. The van der Waals surface area contributed by atoms with Gasteiger partial charge in [-0.05, 0) is 29.6 Å². The highest BCUT2D eigenvalue weighted by Crippen LogP contribution is 2.28. The predicted molar refractivity (Wildman–Crippen MR) is 57.8 cm³/mol.